The number of aromatic nitrogens is 4. The highest BCUT2D eigenvalue weighted by atomic mass is 15.3. The normalized spacial score (nSPS) is 20.1. The summed E-state index contributed by atoms with van der Waals surface area (Å²) in [6.45, 7) is 4.94. The Morgan fingerprint density at radius 2 is 2.20 bits per heavy atom. The molecule has 0 spiro atoms. The van der Waals surface area contributed by atoms with E-state index in [1.165, 1.54) is 25.0 Å². The minimum atomic E-state index is 0.409. The minimum absolute atomic E-state index is 0.409. The molecule has 1 aliphatic heterocycles. The Labute approximate surface area is 119 Å². The quantitative estimate of drug-likeness (QED) is 0.857. The van der Waals surface area contributed by atoms with Crippen LogP contribution in [0.15, 0.2) is 30.7 Å². The van der Waals surface area contributed by atoms with Crippen molar-refractivity contribution in [1.82, 2.24) is 24.6 Å². The highest BCUT2D eigenvalue weighted by Crippen LogP contribution is 2.30. The maximum Gasteiger partial charge on any atom is 0.141 e. The van der Waals surface area contributed by atoms with Crippen LogP contribution in [0.1, 0.15) is 43.7 Å². The highest BCUT2D eigenvalue weighted by molar-refractivity contribution is 5.10. The molecule has 0 aliphatic carbocycles. The van der Waals surface area contributed by atoms with Crippen molar-refractivity contribution in [1.29, 1.82) is 0 Å². The van der Waals surface area contributed by atoms with Gasteiger partial charge in [-0.25, -0.2) is 9.67 Å². The lowest BCUT2D eigenvalue weighted by Crippen LogP contribution is -2.34. The van der Waals surface area contributed by atoms with Crippen LogP contribution in [0.25, 0.3) is 0 Å². The van der Waals surface area contributed by atoms with Gasteiger partial charge in [-0.15, -0.1) is 0 Å². The van der Waals surface area contributed by atoms with Gasteiger partial charge in [-0.05, 0) is 38.4 Å². The molecule has 1 unspecified atom stereocenters. The Morgan fingerprint density at radius 3 is 3.00 bits per heavy atom. The van der Waals surface area contributed by atoms with E-state index < -0.39 is 0 Å². The largest absolute Gasteiger partial charge is 0.287 e. The van der Waals surface area contributed by atoms with Crippen molar-refractivity contribution in [3.63, 3.8) is 0 Å². The number of aryl methyl sites for hydroxylation is 1. The molecule has 106 valence electrons. The molecule has 0 saturated carbocycles. The van der Waals surface area contributed by atoms with Crippen LogP contribution in [0.3, 0.4) is 0 Å². The van der Waals surface area contributed by atoms with Crippen LogP contribution in [0, 0.1) is 0 Å². The Hall–Kier alpha value is -1.75. The molecule has 0 bridgehead atoms. The van der Waals surface area contributed by atoms with Crippen molar-refractivity contribution in [2.24, 2.45) is 0 Å². The van der Waals surface area contributed by atoms with E-state index in [-0.39, 0.29) is 0 Å². The predicted octanol–water partition coefficient (Wildman–Crippen LogP) is 2.42. The zero-order valence-electron chi connectivity index (χ0n) is 11.9. The van der Waals surface area contributed by atoms with E-state index in [4.69, 9.17) is 0 Å². The van der Waals surface area contributed by atoms with Crippen LogP contribution >= 0.6 is 0 Å². The third kappa shape index (κ3) is 2.72. The molecule has 1 atom stereocenters. The van der Waals surface area contributed by atoms with Crippen molar-refractivity contribution >= 4 is 0 Å². The predicted molar refractivity (Wildman–Crippen MR) is 76.9 cm³/mol. The van der Waals surface area contributed by atoms with Crippen molar-refractivity contribution in [3.05, 3.63) is 42.2 Å². The molecular weight excluding hydrogens is 250 g/mol. The van der Waals surface area contributed by atoms with Gasteiger partial charge in [0.15, 0.2) is 0 Å². The van der Waals surface area contributed by atoms with E-state index in [1.807, 2.05) is 16.9 Å². The van der Waals surface area contributed by atoms with Gasteiger partial charge >= 0.3 is 0 Å². The van der Waals surface area contributed by atoms with Gasteiger partial charge in [0.25, 0.3) is 0 Å². The first-order valence-corrected chi connectivity index (χ1v) is 7.40. The summed E-state index contributed by atoms with van der Waals surface area (Å²) in [5, 5.41) is 4.26. The second-order valence-electron chi connectivity index (χ2n) is 5.23. The van der Waals surface area contributed by atoms with Crippen LogP contribution in [0.2, 0.25) is 0 Å². The summed E-state index contributed by atoms with van der Waals surface area (Å²) in [5.74, 6) is 1.05. The van der Waals surface area contributed by atoms with Crippen molar-refractivity contribution < 1.29 is 0 Å². The Balaban J connectivity index is 1.79. The Bertz CT molecular complexity index is 536. The number of nitrogens with zero attached hydrogens (tertiary/aromatic N) is 5. The fraction of sp³-hybridized carbons (Fsp3) is 0.533. The van der Waals surface area contributed by atoms with Crippen LogP contribution in [-0.4, -0.2) is 31.2 Å². The first-order valence-electron chi connectivity index (χ1n) is 7.40. The molecule has 0 aromatic carbocycles. The molecule has 2 aromatic heterocycles. The molecule has 5 nitrogen and oxygen atoms in total. The molecule has 20 heavy (non-hydrogen) atoms. The summed E-state index contributed by atoms with van der Waals surface area (Å²) in [7, 11) is 0. The summed E-state index contributed by atoms with van der Waals surface area (Å²) in [4.78, 5) is 11.4. The Morgan fingerprint density at radius 1 is 1.25 bits per heavy atom. The molecule has 3 heterocycles. The number of hydrogen-bond donors (Lipinski definition) is 0. The van der Waals surface area contributed by atoms with E-state index in [1.54, 1.807) is 6.33 Å². The van der Waals surface area contributed by atoms with Gasteiger partial charge in [-0.3, -0.25) is 9.88 Å². The van der Waals surface area contributed by atoms with E-state index in [0.29, 0.717) is 6.04 Å². The van der Waals surface area contributed by atoms with Gasteiger partial charge < -0.3 is 0 Å². The van der Waals surface area contributed by atoms with Gasteiger partial charge in [0.1, 0.15) is 12.2 Å². The van der Waals surface area contributed by atoms with Crippen molar-refractivity contribution in [2.75, 3.05) is 6.54 Å². The topological polar surface area (TPSA) is 46.8 Å². The first kappa shape index (κ1) is 13.2. The molecule has 3 rings (SSSR count). The van der Waals surface area contributed by atoms with Crippen LogP contribution in [0.4, 0.5) is 0 Å². The molecule has 1 aliphatic rings. The summed E-state index contributed by atoms with van der Waals surface area (Å²) in [5.41, 5.74) is 1.18. The van der Waals surface area contributed by atoms with E-state index in [0.717, 1.165) is 25.5 Å². The van der Waals surface area contributed by atoms with Gasteiger partial charge in [-0.2, -0.15) is 5.10 Å². The maximum atomic E-state index is 4.54. The lowest BCUT2D eigenvalue weighted by atomic mass is 9.99. The number of piperidine rings is 1. The van der Waals surface area contributed by atoms with Crippen molar-refractivity contribution in [3.8, 4) is 0 Å². The first-order chi connectivity index (χ1) is 9.88. The van der Waals surface area contributed by atoms with Gasteiger partial charge in [0, 0.05) is 12.7 Å². The molecule has 0 amide bonds. The summed E-state index contributed by atoms with van der Waals surface area (Å²) < 4.78 is 1.98. The summed E-state index contributed by atoms with van der Waals surface area (Å²) >= 11 is 0. The van der Waals surface area contributed by atoms with Gasteiger partial charge in [0.05, 0.1) is 18.3 Å². The summed E-state index contributed by atoms with van der Waals surface area (Å²) in [6, 6.07) is 6.59. The smallest absolute Gasteiger partial charge is 0.141 e. The molecule has 0 N–H and O–H groups in total. The maximum absolute atomic E-state index is 4.54. The molecule has 5 heteroatoms. The molecule has 0 radical (unpaired) electrons. The molecular formula is C15H21N5. The van der Waals surface area contributed by atoms with Crippen LogP contribution < -0.4 is 0 Å². The van der Waals surface area contributed by atoms with Crippen LogP contribution in [-0.2, 0) is 13.1 Å². The third-order valence-corrected chi connectivity index (χ3v) is 3.98. The monoisotopic (exact) mass is 271 g/mol. The number of likely N-dealkylation sites (tertiary alicyclic amines) is 1. The average Bonchev–Trinajstić information content (AvgIpc) is 2.96. The molecule has 2 aromatic rings. The van der Waals surface area contributed by atoms with Gasteiger partial charge in [0.2, 0.25) is 0 Å². The second-order valence-corrected chi connectivity index (χ2v) is 5.23. The molecule has 1 saturated heterocycles. The minimum Gasteiger partial charge on any atom is -0.287 e. The van der Waals surface area contributed by atoms with E-state index >= 15 is 0 Å². The standard InChI is InChI=1S/C15H21N5/c1-2-20-15(17-12-18-20)11-19-10-6-4-8-14(19)13-7-3-5-9-16-13/h3,5,7,9,12,14H,2,4,6,8,10-11H2,1H3. The fourth-order valence-electron chi connectivity index (χ4n) is 2.94. The SMILES string of the molecule is CCn1ncnc1CN1CCCCC1c1ccccn1. The van der Waals surface area contributed by atoms with E-state index in [9.17, 15) is 0 Å². The lowest BCUT2D eigenvalue weighted by Gasteiger charge is -2.34. The lowest BCUT2D eigenvalue weighted by molar-refractivity contribution is 0.131. The van der Waals surface area contributed by atoms with Crippen LogP contribution in [0.5, 0.6) is 0 Å². The molecule has 1 fully saturated rings. The third-order valence-electron chi connectivity index (χ3n) is 3.98. The van der Waals surface area contributed by atoms with Crippen molar-refractivity contribution in [2.45, 2.75) is 45.3 Å². The van der Waals surface area contributed by atoms with Gasteiger partial charge in [-0.1, -0.05) is 12.5 Å². The Kier molecular flexibility index (Phi) is 4.06. The zero-order valence-corrected chi connectivity index (χ0v) is 11.9. The zero-order chi connectivity index (χ0) is 13.8. The number of pyridine rings is 1. The highest BCUT2D eigenvalue weighted by Gasteiger charge is 2.25. The second kappa shape index (κ2) is 6.13. The summed E-state index contributed by atoms with van der Waals surface area (Å²) in [6.07, 6.45) is 7.24. The van der Waals surface area contributed by atoms with E-state index in [2.05, 4.69) is 39.0 Å². The fourth-order valence-corrected chi connectivity index (χ4v) is 2.94. The number of rotatable bonds is 4. The average molecular weight is 271 g/mol. The number of hydrogen-bond acceptors (Lipinski definition) is 4.